The van der Waals surface area contributed by atoms with Gasteiger partial charge in [-0.2, -0.15) is 0 Å². The minimum absolute atomic E-state index is 0.00372. The number of para-hydroxylation sites is 2. The average molecular weight is 410 g/mol. The highest BCUT2D eigenvalue weighted by molar-refractivity contribution is 8.00. The Morgan fingerprint density at radius 1 is 1.10 bits per heavy atom. The number of thioether (sulfide) groups is 1. The molecular formula is C23H27N3O2S. The molecule has 1 amide bonds. The summed E-state index contributed by atoms with van der Waals surface area (Å²) in [7, 11) is 0. The number of fused-ring (bicyclic) bond motifs is 1. The van der Waals surface area contributed by atoms with Gasteiger partial charge in [-0.15, -0.1) is 0 Å². The van der Waals surface area contributed by atoms with Crippen LogP contribution in [0.2, 0.25) is 0 Å². The largest absolute Gasteiger partial charge is 0.325 e. The molecule has 6 heteroatoms. The van der Waals surface area contributed by atoms with E-state index in [9.17, 15) is 9.59 Å². The van der Waals surface area contributed by atoms with Crippen LogP contribution >= 0.6 is 11.8 Å². The molecule has 0 fully saturated rings. The molecule has 1 aromatic heterocycles. The minimum atomic E-state index is -0.405. The maximum Gasteiger partial charge on any atom is 0.262 e. The van der Waals surface area contributed by atoms with Crippen LogP contribution in [-0.2, 0) is 4.79 Å². The van der Waals surface area contributed by atoms with Crippen molar-refractivity contribution in [3.63, 3.8) is 0 Å². The van der Waals surface area contributed by atoms with Gasteiger partial charge in [-0.3, -0.25) is 14.2 Å². The number of carbonyl (C=O) groups is 1. The van der Waals surface area contributed by atoms with Crippen molar-refractivity contribution in [1.29, 1.82) is 0 Å². The Bertz CT molecular complexity index is 1090. The molecule has 152 valence electrons. The SMILES string of the molecule is CC[C@H](C)n1c(S[C@@H](C)C(=O)Nc2c(C)cccc2C)nc2ccccc2c1=O. The third-order valence-corrected chi connectivity index (χ3v) is 6.25. The summed E-state index contributed by atoms with van der Waals surface area (Å²) in [5.74, 6) is -0.106. The third kappa shape index (κ3) is 4.37. The molecule has 5 nitrogen and oxygen atoms in total. The van der Waals surface area contributed by atoms with Gasteiger partial charge in [-0.25, -0.2) is 4.98 Å². The fourth-order valence-electron chi connectivity index (χ4n) is 3.23. The van der Waals surface area contributed by atoms with Gasteiger partial charge in [0.25, 0.3) is 5.56 Å². The molecule has 0 saturated carbocycles. The Hall–Kier alpha value is -2.60. The number of aromatic nitrogens is 2. The number of rotatable bonds is 6. The molecule has 3 rings (SSSR count). The molecule has 2 aromatic carbocycles. The number of hydrogen-bond donors (Lipinski definition) is 1. The van der Waals surface area contributed by atoms with Gasteiger partial charge in [0, 0.05) is 11.7 Å². The van der Waals surface area contributed by atoms with E-state index in [2.05, 4.69) is 5.32 Å². The summed E-state index contributed by atoms with van der Waals surface area (Å²) in [6.45, 7) is 9.84. The zero-order chi connectivity index (χ0) is 21.1. The van der Waals surface area contributed by atoms with E-state index in [1.54, 1.807) is 10.6 Å². The Balaban J connectivity index is 1.94. The summed E-state index contributed by atoms with van der Waals surface area (Å²) in [5, 5.41) is 3.81. The molecule has 0 aliphatic rings. The van der Waals surface area contributed by atoms with E-state index in [-0.39, 0.29) is 17.5 Å². The minimum Gasteiger partial charge on any atom is -0.325 e. The van der Waals surface area contributed by atoms with E-state index in [1.807, 2.05) is 71.0 Å². The van der Waals surface area contributed by atoms with Crippen molar-refractivity contribution in [2.45, 2.75) is 57.5 Å². The quantitative estimate of drug-likeness (QED) is 0.454. The monoisotopic (exact) mass is 409 g/mol. The van der Waals surface area contributed by atoms with Crippen LogP contribution in [-0.4, -0.2) is 20.7 Å². The van der Waals surface area contributed by atoms with E-state index in [4.69, 9.17) is 4.98 Å². The van der Waals surface area contributed by atoms with Gasteiger partial charge in [0.05, 0.1) is 16.2 Å². The van der Waals surface area contributed by atoms with Gasteiger partial charge in [-0.05, 0) is 57.4 Å². The molecule has 0 aliphatic heterocycles. The normalized spacial score (nSPS) is 13.3. The first-order valence-corrected chi connectivity index (χ1v) is 10.8. The van der Waals surface area contributed by atoms with Crippen molar-refractivity contribution >= 4 is 34.3 Å². The standard InChI is InChI=1S/C23H27N3O2S/c1-6-16(4)26-22(28)18-12-7-8-13-19(18)24-23(26)29-17(5)21(27)25-20-14(2)10-9-11-15(20)3/h7-13,16-17H,6H2,1-5H3,(H,25,27)/t16-,17-/m0/s1. The number of nitrogens with one attached hydrogen (secondary N) is 1. The molecule has 29 heavy (non-hydrogen) atoms. The summed E-state index contributed by atoms with van der Waals surface area (Å²) in [6, 6.07) is 13.3. The van der Waals surface area contributed by atoms with Gasteiger partial charge >= 0.3 is 0 Å². The first-order valence-electron chi connectivity index (χ1n) is 9.88. The van der Waals surface area contributed by atoms with Gasteiger partial charge in [-0.1, -0.05) is 49.0 Å². The van der Waals surface area contributed by atoms with Crippen molar-refractivity contribution in [1.82, 2.24) is 9.55 Å². The van der Waals surface area contributed by atoms with E-state index < -0.39 is 5.25 Å². The van der Waals surface area contributed by atoms with E-state index in [0.717, 1.165) is 23.2 Å². The number of hydrogen-bond acceptors (Lipinski definition) is 4. The lowest BCUT2D eigenvalue weighted by Crippen LogP contribution is -2.29. The Morgan fingerprint density at radius 2 is 1.76 bits per heavy atom. The molecular weight excluding hydrogens is 382 g/mol. The second-order valence-corrected chi connectivity index (χ2v) is 8.67. The predicted molar refractivity (Wildman–Crippen MR) is 121 cm³/mol. The molecule has 0 radical (unpaired) electrons. The second kappa shape index (κ2) is 8.82. The predicted octanol–water partition coefficient (Wildman–Crippen LogP) is 5.10. The molecule has 0 bridgehead atoms. The van der Waals surface area contributed by atoms with Crippen LogP contribution in [0.25, 0.3) is 10.9 Å². The lowest BCUT2D eigenvalue weighted by Gasteiger charge is -2.20. The van der Waals surface area contributed by atoms with E-state index in [1.165, 1.54) is 11.8 Å². The Morgan fingerprint density at radius 3 is 2.41 bits per heavy atom. The smallest absolute Gasteiger partial charge is 0.262 e. The number of carbonyl (C=O) groups excluding carboxylic acids is 1. The highest BCUT2D eigenvalue weighted by atomic mass is 32.2. The number of nitrogens with zero attached hydrogens (tertiary/aromatic N) is 2. The average Bonchev–Trinajstić information content (AvgIpc) is 2.70. The lowest BCUT2D eigenvalue weighted by molar-refractivity contribution is -0.115. The van der Waals surface area contributed by atoms with Crippen molar-refractivity contribution in [3.05, 3.63) is 63.9 Å². The van der Waals surface area contributed by atoms with Crippen molar-refractivity contribution in [3.8, 4) is 0 Å². The van der Waals surface area contributed by atoms with Crippen LogP contribution in [0, 0.1) is 13.8 Å². The van der Waals surface area contributed by atoms with Gasteiger partial charge in [0.1, 0.15) is 0 Å². The van der Waals surface area contributed by atoms with Gasteiger partial charge in [0.15, 0.2) is 5.16 Å². The molecule has 2 atom stereocenters. The summed E-state index contributed by atoms with van der Waals surface area (Å²) in [4.78, 5) is 30.7. The second-order valence-electron chi connectivity index (χ2n) is 7.36. The van der Waals surface area contributed by atoms with Crippen LogP contribution in [0.1, 0.15) is 44.4 Å². The van der Waals surface area contributed by atoms with Crippen LogP contribution in [0.5, 0.6) is 0 Å². The van der Waals surface area contributed by atoms with Crippen LogP contribution in [0.15, 0.2) is 52.4 Å². The lowest BCUT2D eigenvalue weighted by atomic mass is 10.1. The molecule has 0 spiro atoms. The Labute approximate surface area is 175 Å². The fourth-order valence-corrected chi connectivity index (χ4v) is 4.24. The summed E-state index contributed by atoms with van der Waals surface area (Å²) in [6.07, 6.45) is 0.802. The summed E-state index contributed by atoms with van der Waals surface area (Å²) >= 11 is 1.32. The maximum absolute atomic E-state index is 13.1. The molecule has 0 unspecified atom stereocenters. The summed E-state index contributed by atoms with van der Waals surface area (Å²) in [5.41, 5.74) is 3.49. The Kier molecular flexibility index (Phi) is 6.42. The van der Waals surface area contributed by atoms with E-state index in [0.29, 0.717) is 16.1 Å². The van der Waals surface area contributed by atoms with Crippen molar-refractivity contribution < 1.29 is 4.79 Å². The number of benzene rings is 2. The zero-order valence-electron chi connectivity index (χ0n) is 17.5. The molecule has 1 heterocycles. The first-order chi connectivity index (χ1) is 13.8. The first kappa shape index (κ1) is 21.1. The number of aryl methyl sites for hydroxylation is 2. The summed E-state index contributed by atoms with van der Waals surface area (Å²) < 4.78 is 1.72. The zero-order valence-corrected chi connectivity index (χ0v) is 18.3. The molecule has 1 N–H and O–H groups in total. The molecule has 0 aliphatic carbocycles. The highest BCUT2D eigenvalue weighted by Gasteiger charge is 2.22. The van der Waals surface area contributed by atoms with Crippen molar-refractivity contribution in [2.75, 3.05) is 5.32 Å². The number of amides is 1. The van der Waals surface area contributed by atoms with Crippen LogP contribution in [0.4, 0.5) is 5.69 Å². The molecule has 3 aromatic rings. The molecule has 0 saturated heterocycles. The van der Waals surface area contributed by atoms with Crippen molar-refractivity contribution in [2.24, 2.45) is 0 Å². The topological polar surface area (TPSA) is 64.0 Å². The fraction of sp³-hybridized carbons (Fsp3) is 0.348. The van der Waals surface area contributed by atoms with Crippen LogP contribution < -0.4 is 10.9 Å². The number of anilines is 1. The maximum atomic E-state index is 13.1. The third-order valence-electron chi connectivity index (χ3n) is 5.19. The highest BCUT2D eigenvalue weighted by Crippen LogP contribution is 2.27. The van der Waals surface area contributed by atoms with Gasteiger partial charge in [0.2, 0.25) is 5.91 Å². The van der Waals surface area contributed by atoms with Crippen LogP contribution in [0.3, 0.4) is 0 Å². The van der Waals surface area contributed by atoms with Gasteiger partial charge < -0.3 is 5.32 Å². The van der Waals surface area contributed by atoms with E-state index >= 15 is 0 Å².